The van der Waals surface area contributed by atoms with Crippen LogP contribution in [-0.2, 0) is 6.42 Å². The largest absolute Gasteiger partial charge is 0.367 e. The maximum absolute atomic E-state index is 6.21. The molecule has 1 aromatic carbocycles. The number of anilines is 4. The molecule has 1 fully saturated rings. The van der Waals surface area contributed by atoms with Crippen LogP contribution in [0.2, 0.25) is 5.02 Å². The number of rotatable bonds is 4. The van der Waals surface area contributed by atoms with Crippen LogP contribution in [0.4, 0.5) is 23.0 Å². The lowest BCUT2D eigenvalue weighted by Crippen LogP contribution is -2.51. The molecule has 2 aliphatic rings. The minimum atomic E-state index is 0.515. The number of aromatic nitrogens is 3. The number of hydrogen-bond donors (Lipinski definition) is 2. The molecule has 33 heavy (non-hydrogen) atoms. The van der Waals surface area contributed by atoms with Crippen LogP contribution in [0.15, 0.2) is 42.9 Å². The number of likely N-dealkylation sites (N-methyl/N-ethyl adjacent to an activating group) is 1. The van der Waals surface area contributed by atoms with E-state index >= 15 is 0 Å². The fourth-order valence-electron chi connectivity index (χ4n) is 4.52. The van der Waals surface area contributed by atoms with E-state index in [0.717, 1.165) is 65.1 Å². The van der Waals surface area contributed by atoms with Crippen LogP contribution in [0.3, 0.4) is 0 Å². The summed E-state index contributed by atoms with van der Waals surface area (Å²) in [6.07, 6.45) is 6.14. The molecule has 9 heteroatoms. The molecule has 2 N–H and O–H groups in total. The lowest BCUT2D eigenvalue weighted by atomic mass is 10.1. The van der Waals surface area contributed by atoms with Crippen molar-refractivity contribution in [3.63, 3.8) is 0 Å². The molecular formula is C24H26ClN7S. The van der Waals surface area contributed by atoms with Crippen LogP contribution >= 0.6 is 23.8 Å². The molecule has 7 nitrogen and oxygen atoms in total. The molecule has 5 rings (SSSR count). The highest BCUT2D eigenvalue weighted by atomic mass is 35.5. The van der Waals surface area contributed by atoms with Crippen LogP contribution in [0.1, 0.15) is 19.4 Å². The second kappa shape index (κ2) is 9.21. The first-order chi connectivity index (χ1) is 16.0. The van der Waals surface area contributed by atoms with Gasteiger partial charge in [-0.25, -0.2) is 9.97 Å². The Morgan fingerprint density at radius 3 is 2.91 bits per heavy atom. The van der Waals surface area contributed by atoms with Crippen LogP contribution in [0, 0.1) is 0 Å². The average Bonchev–Trinajstić information content (AvgIpc) is 2.93. The van der Waals surface area contributed by atoms with Gasteiger partial charge in [-0.3, -0.25) is 9.88 Å². The van der Waals surface area contributed by atoms with Crippen molar-refractivity contribution in [3.8, 4) is 11.3 Å². The summed E-state index contributed by atoms with van der Waals surface area (Å²) in [5.74, 6) is 0.519. The number of fused-ring (bicyclic) bond motifs is 3. The van der Waals surface area contributed by atoms with Gasteiger partial charge in [-0.1, -0.05) is 30.7 Å². The molecule has 0 aliphatic carbocycles. The Hall–Kier alpha value is -2.81. The fourth-order valence-corrected chi connectivity index (χ4v) is 4.96. The molecule has 2 aliphatic heterocycles. The quantitative estimate of drug-likeness (QED) is 0.519. The SMILES string of the molecule is CCN1CCN(c2cncc(Nc3ncc4c(n3)-c3ccc(Cl)cc3NC(=S)C4)c2)C[C@@H]1C. The highest BCUT2D eigenvalue weighted by Crippen LogP contribution is 2.35. The summed E-state index contributed by atoms with van der Waals surface area (Å²) < 4.78 is 0. The minimum Gasteiger partial charge on any atom is -0.367 e. The molecule has 0 spiro atoms. The summed E-state index contributed by atoms with van der Waals surface area (Å²) in [5, 5.41) is 7.26. The first-order valence-corrected chi connectivity index (χ1v) is 12.0. The third-order valence-corrected chi connectivity index (χ3v) is 6.72. The monoisotopic (exact) mass is 479 g/mol. The van der Waals surface area contributed by atoms with Crippen molar-refractivity contribution in [2.24, 2.45) is 0 Å². The van der Waals surface area contributed by atoms with Gasteiger partial charge in [0.2, 0.25) is 5.95 Å². The van der Waals surface area contributed by atoms with Gasteiger partial charge in [-0.05, 0) is 37.7 Å². The third kappa shape index (κ3) is 4.64. The lowest BCUT2D eigenvalue weighted by Gasteiger charge is -2.40. The Kier molecular flexibility index (Phi) is 6.14. The van der Waals surface area contributed by atoms with E-state index in [-0.39, 0.29) is 0 Å². The predicted octanol–water partition coefficient (Wildman–Crippen LogP) is 4.76. The van der Waals surface area contributed by atoms with E-state index in [2.05, 4.69) is 50.3 Å². The maximum Gasteiger partial charge on any atom is 0.227 e. The molecule has 4 heterocycles. The van der Waals surface area contributed by atoms with E-state index in [1.165, 1.54) is 0 Å². The number of thiocarbonyl (C=S) groups is 1. The second-order valence-corrected chi connectivity index (χ2v) is 9.39. The molecule has 0 bridgehead atoms. The minimum absolute atomic E-state index is 0.515. The Morgan fingerprint density at radius 1 is 1.21 bits per heavy atom. The number of piperazine rings is 1. The number of benzene rings is 1. The molecular weight excluding hydrogens is 454 g/mol. The van der Waals surface area contributed by atoms with Gasteiger partial charge >= 0.3 is 0 Å². The zero-order chi connectivity index (χ0) is 22.9. The first-order valence-electron chi connectivity index (χ1n) is 11.2. The molecule has 0 saturated carbocycles. The van der Waals surface area contributed by atoms with Crippen LogP contribution < -0.4 is 15.5 Å². The van der Waals surface area contributed by atoms with Gasteiger partial charge in [0.05, 0.1) is 34.5 Å². The van der Waals surface area contributed by atoms with Crippen LogP contribution in [0.25, 0.3) is 11.3 Å². The van der Waals surface area contributed by atoms with Gasteiger partial charge in [0.1, 0.15) is 0 Å². The predicted molar refractivity (Wildman–Crippen MR) is 139 cm³/mol. The molecule has 0 unspecified atom stereocenters. The van der Waals surface area contributed by atoms with Crippen LogP contribution in [0.5, 0.6) is 0 Å². The Morgan fingerprint density at radius 2 is 2.09 bits per heavy atom. The summed E-state index contributed by atoms with van der Waals surface area (Å²) >= 11 is 11.7. The van der Waals surface area contributed by atoms with Gasteiger partial charge in [-0.15, -0.1) is 0 Å². The fraction of sp³-hybridized carbons (Fsp3) is 0.333. The van der Waals surface area contributed by atoms with Crippen molar-refractivity contribution < 1.29 is 0 Å². The molecule has 1 saturated heterocycles. The highest BCUT2D eigenvalue weighted by Gasteiger charge is 2.23. The van der Waals surface area contributed by atoms with Crippen molar-refractivity contribution in [2.45, 2.75) is 26.3 Å². The zero-order valence-corrected chi connectivity index (χ0v) is 20.2. The summed E-state index contributed by atoms with van der Waals surface area (Å²) in [4.78, 5) is 19.5. The van der Waals surface area contributed by atoms with Crippen molar-refractivity contribution in [2.75, 3.05) is 41.7 Å². The van der Waals surface area contributed by atoms with Crippen molar-refractivity contribution in [3.05, 3.63) is 53.4 Å². The van der Waals surface area contributed by atoms with Gasteiger partial charge in [-0.2, -0.15) is 0 Å². The van der Waals surface area contributed by atoms with Gasteiger partial charge in [0, 0.05) is 60.1 Å². The molecule has 3 aromatic rings. The number of halogens is 1. The Balaban J connectivity index is 1.41. The summed E-state index contributed by atoms with van der Waals surface area (Å²) in [5.41, 5.74) is 5.60. The van der Waals surface area contributed by atoms with Gasteiger partial charge < -0.3 is 15.5 Å². The van der Waals surface area contributed by atoms with Gasteiger partial charge in [0.25, 0.3) is 0 Å². The Labute approximate surface area is 204 Å². The normalized spacial score (nSPS) is 18.2. The number of hydrogen-bond acceptors (Lipinski definition) is 7. The highest BCUT2D eigenvalue weighted by molar-refractivity contribution is 7.80. The topological polar surface area (TPSA) is 69.2 Å². The van der Waals surface area contributed by atoms with E-state index in [9.17, 15) is 0 Å². The summed E-state index contributed by atoms with van der Waals surface area (Å²) in [7, 11) is 0. The summed E-state index contributed by atoms with van der Waals surface area (Å²) in [6.45, 7) is 8.61. The second-order valence-electron chi connectivity index (χ2n) is 8.46. The molecule has 170 valence electrons. The number of nitrogens with one attached hydrogen (secondary N) is 2. The standard InChI is InChI=1S/C24H26ClN7S/c1-3-31-6-7-32(14-15(31)2)19-10-18(12-26-13-19)28-24-27-11-16-8-22(33)29-21-9-17(25)4-5-20(21)23(16)30-24/h4-5,9-13,15H,3,6-8,14H2,1-2H3,(H,29,33)(H,27,28,30)/t15-/m0/s1. The van der Waals surface area contributed by atoms with E-state index < -0.39 is 0 Å². The molecule has 0 amide bonds. The van der Waals surface area contributed by atoms with E-state index in [0.29, 0.717) is 23.4 Å². The Bertz CT molecular complexity index is 1200. The molecule has 0 radical (unpaired) electrons. The zero-order valence-electron chi connectivity index (χ0n) is 18.7. The van der Waals surface area contributed by atoms with Crippen molar-refractivity contribution >= 4 is 51.8 Å². The molecule has 2 aromatic heterocycles. The van der Waals surface area contributed by atoms with Gasteiger partial charge in [0.15, 0.2) is 0 Å². The van der Waals surface area contributed by atoms with Crippen molar-refractivity contribution in [1.29, 1.82) is 0 Å². The number of pyridine rings is 1. The van der Waals surface area contributed by atoms with E-state index in [1.54, 1.807) is 6.20 Å². The number of nitrogens with zero attached hydrogens (tertiary/aromatic N) is 5. The maximum atomic E-state index is 6.21. The lowest BCUT2D eigenvalue weighted by molar-refractivity contribution is 0.199. The van der Waals surface area contributed by atoms with Crippen LogP contribution in [-0.4, -0.2) is 57.1 Å². The third-order valence-electron chi connectivity index (χ3n) is 6.24. The van der Waals surface area contributed by atoms with E-state index in [4.69, 9.17) is 28.8 Å². The molecule has 1 atom stereocenters. The van der Waals surface area contributed by atoms with E-state index in [1.807, 2.05) is 30.6 Å². The average molecular weight is 480 g/mol. The first kappa shape index (κ1) is 22.0. The van der Waals surface area contributed by atoms with Crippen molar-refractivity contribution in [1.82, 2.24) is 19.9 Å². The smallest absolute Gasteiger partial charge is 0.227 e. The summed E-state index contributed by atoms with van der Waals surface area (Å²) in [6, 6.07) is 8.33.